The molecule has 1 heterocycles. The molecule has 0 atom stereocenters. The van der Waals surface area contributed by atoms with Crippen LogP contribution in [-0.2, 0) is 27.5 Å². The van der Waals surface area contributed by atoms with Gasteiger partial charge in [-0.05, 0) is 36.4 Å². The Bertz CT molecular complexity index is 733. The largest absolute Gasteiger partial charge is 0.482 e. The number of ether oxygens (including phenoxy) is 4. The molecule has 0 aliphatic carbocycles. The van der Waals surface area contributed by atoms with Gasteiger partial charge in [-0.3, -0.25) is 0 Å². The van der Waals surface area contributed by atoms with Gasteiger partial charge in [-0.1, -0.05) is 27.5 Å². The van der Waals surface area contributed by atoms with E-state index in [-0.39, 0.29) is 20.0 Å². The number of esters is 1. The summed E-state index contributed by atoms with van der Waals surface area (Å²) in [5.41, 5.74) is 1.55. The summed E-state index contributed by atoms with van der Waals surface area (Å²) in [5.74, 6) is 0.779. The second kappa shape index (κ2) is 7.88. The highest BCUT2D eigenvalue weighted by Crippen LogP contribution is 2.32. The zero-order valence-corrected chi connectivity index (χ0v) is 14.9. The molecule has 0 amide bonds. The predicted molar refractivity (Wildman–Crippen MR) is 91.2 cm³/mol. The highest BCUT2D eigenvalue weighted by molar-refractivity contribution is 9.10. The number of carbonyl (C=O) groups excluding carboxylic acids is 1. The topological polar surface area (TPSA) is 54.0 Å². The summed E-state index contributed by atoms with van der Waals surface area (Å²) >= 11 is 9.40. The van der Waals surface area contributed by atoms with E-state index in [4.69, 9.17) is 30.5 Å². The molecule has 0 aromatic heterocycles. The average Bonchev–Trinajstić information content (AvgIpc) is 2.59. The Morgan fingerprint density at radius 3 is 2.83 bits per heavy atom. The van der Waals surface area contributed by atoms with Crippen LogP contribution in [-0.4, -0.2) is 19.4 Å². The van der Waals surface area contributed by atoms with E-state index in [1.807, 2.05) is 12.1 Å². The number of rotatable bonds is 5. The van der Waals surface area contributed by atoms with Gasteiger partial charge in [0.15, 0.2) is 13.4 Å². The Morgan fingerprint density at radius 1 is 1.25 bits per heavy atom. The predicted octanol–water partition coefficient (Wildman–Crippen LogP) is 4.09. The Hall–Kier alpha value is -1.76. The smallest absolute Gasteiger partial charge is 0.344 e. The maximum Gasteiger partial charge on any atom is 0.344 e. The molecule has 24 heavy (non-hydrogen) atoms. The van der Waals surface area contributed by atoms with Crippen molar-refractivity contribution in [3.63, 3.8) is 0 Å². The molecular formula is C17H14BrClO5. The highest BCUT2D eigenvalue weighted by Gasteiger charge is 2.17. The van der Waals surface area contributed by atoms with Crippen LogP contribution in [0.3, 0.4) is 0 Å². The summed E-state index contributed by atoms with van der Waals surface area (Å²) in [6, 6.07) is 10.7. The molecule has 5 nitrogen and oxygen atoms in total. The summed E-state index contributed by atoms with van der Waals surface area (Å²) < 4.78 is 22.2. The minimum Gasteiger partial charge on any atom is -0.482 e. The molecule has 0 unspecified atom stereocenters. The van der Waals surface area contributed by atoms with Gasteiger partial charge >= 0.3 is 5.97 Å². The van der Waals surface area contributed by atoms with Crippen LogP contribution in [0.2, 0.25) is 5.02 Å². The van der Waals surface area contributed by atoms with Crippen molar-refractivity contribution in [2.45, 2.75) is 13.2 Å². The Morgan fingerprint density at radius 2 is 2.04 bits per heavy atom. The van der Waals surface area contributed by atoms with Gasteiger partial charge in [0.1, 0.15) is 18.1 Å². The van der Waals surface area contributed by atoms with Crippen molar-refractivity contribution in [3.05, 3.63) is 57.0 Å². The van der Waals surface area contributed by atoms with Crippen LogP contribution in [0.25, 0.3) is 0 Å². The van der Waals surface area contributed by atoms with Crippen molar-refractivity contribution in [2.24, 2.45) is 0 Å². The summed E-state index contributed by atoms with van der Waals surface area (Å²) in [5, 5.41) is 0.542. The molecule has 0 radical (unpaired) electrons. The third kappa shape index (κ3) is 4.41. The first kappa shape index (κ1) is 17.1. The molecule has 0 N–H and O–H groups in total. The Kier molecular flexibility index (Phi) is 5.60. The van der Waals surface area contributed by atoms with Crippen molar-refractivity contribution < 1.29 is 23.7 Å². The molecule has 0 spiro atoms. The van der Waals surface area contributed by atoms with Crippen LogP contribution in [0.15, 0.2) is 40.9 Å². The van der Waals surface area contributed by atoms with E-state index in [1.54, 1.807) is 24.3 Å². The Balaban J connectivity index is 1.56. The van der Waals surface area contributed by atoms with Crippen LogP contribution in [0.4, 0.5) is 0 Å². The van der Waals surface area contributed by atoms with E-state index in [0.29, 0.717) is 28.7 Å². The van der Waals surface area contributed by atoms with Gasteiger partial charge in [0.25, 0.3) is 0 Å². The minimum absolute atomic E-state index is 0.0609. The van der Waals surface area contributed by atoms with Gasteiger partial charge in [0.05, 0.1) is 6.61 Å². The standard InChI is InChI=1S/C17H14BrClO5/c18-13-1-3-15(4-2-13)22-9-16(20)23-8-12-6-14(19)5-11-7-21-10-24-17(11)12/h1-6H,7-10H2. The van der Waals surface area contributed by atoms with Crippen molar-refractivity contribution in [1.82, 2.24) is 0 Å². The molecule has 2 aromatic rings. The highest BCUT2D eigenvalue weighted by atomic mass is 79.9. The fourth-order valence-electron chi connectivity index (χ4n) is 2.24. The van der Waals surface area contributed by atoms with Crippen LogP contribution in [0.1, 0.15) is 11.1 Å². The molecule has 3 rings (SSSR count). The van der Waals surface area contributed by atoms with Gasteiger partial charge in [0.2, 0.25) is 0 Å². The van der Waals surface area contributed by atoms with Crippen LogP contribution in [0, 0.1) is 0 Å². The quantitative estimate of drug-likeness (QED) is 0.691. The van der Waals surface area contributed by atoms with Gasteiger partial charge in [-0.15, -0.1) is 0 Å². The summed E-state index contributed by atoms with van der Waals surface area (Å²) in [4.78, 5) is 11.9. The van der Waals surface area contributed by atoms with Gasteiger partial charge < -0.3 is 18.9 Å². The van der Waals surface area contributed by atoms with E-state index in [0.717, 1.165) is 10.0 Å². The van der Waals surface area contributed by atoms with Crippen molar-refractivity contribution >= 4 is 33.5 Å². The van der Waals surface area contributed by atoms with Crippen molar-refractivity contribution in [2.75, 3.05) is 13.4 Å². The van der Waals surface area contributed by atoms with Crippen LogP contribution >= 0.6 is 27.5 Å². The summed E-state index contributed by atoms with van der Waals surface area (Å²) in [6.07, 6.45) is 0. The second-order valence-electron chi connectivity index (χ2n) is 5.07. The first-order valence-corrected chi connectivity index (χ1v) is 8.35. The number of carbonyl (C=O) groups is 1. The van der Waals surface area contributed by atoms with Crippen LogP contribution < -0.4 is 9.47 Å². The fourth-order valence-corrected chi connectivity index (χ4v) is 2.76. The van der Waals surface area contributed by atoms with E-state index >= 15 is 0 Å². The molecule has 0 saturated carbocycles. The van der Waals surface area contributed by atoms with Gasteiger partial charge in [-0.2, -0.15) is 0 Å². The maximum absolute atomic E-state index is 11.9. The normalized spacial score (nSPS) is 12.9. The van der Waals surface area contributed by atoms with E-state index in [9.17, 15) is 4.79 Å². The third-order valence-corrected chi connectivity index (χ3v) is 4.06. The number of benzene rings is 2. The zero-order chi connectivity index (χ0) is 16.9. The molecule has 7 heteroatoms. The molecule has 126 valence electrons. The zero-order valence-electron chi connectivity index (χ0n) is 12.6. The SMILES string of the molecule is O=C(COc1ccc(Br)cc1)OCc1cc(Cl)cc2c1OCOC2. The number of hydrogen-bond donors (Lipinski definition) is 0. The lowest BCUT2D eigenvalue weighted by Gasteiger charge is -2.21. The van der Waals surface area contributed by atoms with E-state index in [2.05, 4.69) is 15.9 Å². The van der Waals surface area contributed by atoms with Crippen LogP contribution in [0.5, 0.6) is 11.5 Å². The van der Waals surface area contributed by atoms with Crippen molar-refractivity contribution in [1.29, 1.82) is 0 Å². The third-order valence-electron chi connectivity index (χ3n) is 3.31. The first-order valence-electron chi connectivity index (χ1n) is 7.17. The van der Waals surface area contributed by atoms with E-state index < -0.39 is 5.97 Å². The lowest BCUT2D eigenvalue weighted by molar-refractivity contribution is -0.147. The molecule has 0 bridgehead atoms. The molecule has 1 aliphatic rings. The lowest BCUT2D eigenvalue weighted by atomic mass is 10.1. The molecule has 0 saturated heterocycles. The molecular weight excluding hydrogens is 400 g/mol. The van der Waals surface area contributed by atoms with Crippen molar-refractivity contribution in [3.8, 4) is 11.5 Å². The maximum atomic E-state index is 11.9. The average molecular weight is 414 g/mol. The monoisotopic (exact) mass is 412 g/mol. The molecule has 1 aliphatic heterocycles. The molecule has 2 aromatic carbocycles. The second-order valence-corrected chi connectivity index (χ2v) is 6.42. The summed E-state index contributed by atoms with van der Waals surface area (Å²) in [7, 11) is 0. The first-order chi connectivity index (χ1) is 11.6. The molecule has 0 fully saturated rings. The lowest BCUT2D eigenvalue weighted by Crippen LogP contribution is -2.17. The number of fused-ring (bicyclic) bond motifs is 1. The fraction of sp³-hybridized carbons (Fsp3) is 0.235. The van der Waals surface area contributed by atoms with Gasteiger partial charge in [-0.25, -0.2) is 4.79 Å². The van der Waals surface area contributed by atoms with E-state index in [1.165, 1.54) is 0 Å². The van der Waals surface area contributed by atoms with Gasteiger partial charge in [0, 0.05) is 20.6 Å². The number of halogens is 2. The minimum atomic E-state index is -0.473. The number of hydrogen-bond acceptors (Lipinski definition) is 5. The Labute approximate surface area is 152 Å². The summed E-state index contributed by atoms with van der Waals surface area (Å²) in [6.45, 7) is 0.478.